The highest BCUT2D eigenvalue weighted by molar-refractivity contribution is 6.31. The average molecular weight is 346 g/mol. The monoisotopic (exact) mass is 345 g/mol. The molecule has 3 rings (SSSR count). The van der Waals surface area contributed by atoms with Gasteiger partial charge in [0.2, 0.25) is 5.91 Å². The van der Waals surface area contributed by atoms with Crippen molar-refractivity contribution in [1.82, 2.24) is 0 Å². The highest BCUT2D eigenvalue weighted by atomic mass is 35.5. The molecule has 1 aliphatic heterocycles. The highest BCUT2D eigenvalue weighted by Crippen LogP contribution is 2.31. The number of hydrogen-bond donors (Lipinski definition) is 1. The van der Waals surface area contributed by atoms with Crippen LogP contribution >= 0.6 is 11.6 Å². The number of amides is 1. The molecule has 0 radical (unpaired) electrons. The number of benzodiazepines with no additional fused rings is 1. The molecule has 24 heavy (non-hydrogen) atoms. The van der Waals surface area contributed by atoms with Crippen LogP contribution in [0.4, 0.5) is 10.1 Å². The van der Waals surface area contributed by atoms with Crippen LogP contribution in [0, 0.1) is 5.82 Å². The fourth-order valence-corrected chi connectivity index (χ4v) is 3.10. The first-order chi connectivity index (χ1) is 11.5. The summed E-state index contributed by atoms with van der Waals surface area (Å²) in [6.07, 6.45) is 0.173. The molecule has 1 amide bonds. The summed E-state index contributed by atoms with van der Waals surface area (Å²) in [4.78, 5) is 17.9. The van der Waals surface area contributed by atoms with Crippen LogP contribution in [-0.4, -0.2) is 31.3 Å². The van der Waals surface area contributed by atoms with Crippen LogP contribution < -0.4 is 10.6 Å². The Morgan fingerprint density at radius 1 is 1.33 bits per heavy atom. The van der Waals surface area contributed by atoms with Crippen molar-refractivity contribution in [3.8, 4) is 0 Å². The molecule has 0 aliphatic carbocycles. The first-order valence-corrected chi connectivity index (χ1v) is 7.95. The summed E-state index contributed by atoms with van der Waals surface area (Å²) in [5.74, 6) is -0.745. The maximum atomic E-state index is 14.3. The van der Waals surface area contributed by atoms with Crippen molar-refractivity contribution in [2.24, 2.45) is 10.7 Å². The van der Waals surface area contributed by atoms with Gasteiger partial charge in [0.05, 0.1) is 18.3 Å². The number of nitrogens with zero attached hydrogens (tertiary/aromatic N) is 2. The number of nitrogens with two attached hydrogens (primary N) is 1. The molecule has 0 saturated carbocycles. The van der Waals surface area contributed by atoms with E-state index >= 15 is 0 Å². The number of carbonyl (C=O) groups is 1. The number of halogens is 2. The van der Waals surface area contributed by atoms with Crippen LogP contribution in [-0.2, 0) is 4.79 Å². The van der Waals surface area contributed by atoms with Gasteiger partial charge < -0.3 is 10.6 Å². The second kappa shape index (κ2) is 6.61. The summed E-state index contributed by atoms with van der Waals surface area (Å²) in [5, 5.41) is 0.541. The van der Waals surface area contributed by atoms with Crippen LogP contribution in [0.3, 0.4) is 0 Å². The van der Waals surface area contributed by atoms with Gasteiger partial charge in [-0.3, -0.25) is 9.79 Å². The molecule has 124 valence electrons. The molecule has 6 heteroatoms. The lowest BCUT2D eigenvalue weighted by atomic mass is 9.99. The standard InChI is InChI=1S/C18H17ClFN3O/c1-23-12(9-17(21)24)10-22-18(13-4-2-3-5-15(13)20)14-8-11(19)6-7-16(14)23/h2-8,12H,9-10H2,1H3,(H2,21,24). The molecule has 0 spiro atoms. The van der Waals surface area contributed by atoms with E-state index in [9.17, 15) is 9.18 Å². The Morgan fingerprint density at radius 3 is 2.79 bits per heavy atom. The Labute approximate surface area is 144 Å². The molecule has 1 aliphatic rings. The number of aliphatic imine (C=N–C) groups is 1. The summed E-state index contributed by atoms with van der Waals surface area (Å²) >= 11 is 6.15. The van der Waals surface area contributed by atoms with E-state index < -0.39 is 5.91 Å². The molecule has 2 aromatic carbocycles. The molecular formula is C18H17ClFN3O. The molecule has 0 bridgehead atoms. The smallest absolute Gasteiger partial charge is 0.219 e. The van der Waals surface area contributed by atoms with E-state index in [-0.39, 0.29) is 18.3 Å². The number of hydrogen-bond acceptors (Lipinski definition) is 3. The highest BCUT2D eigenvalue weighted by Gasteiger charge is 2.26. The Kier molecular flexibility index (Phi) is 4.53. The second-order valence-corrected chi connectivity index (χ2v) is 6.20. The number of fused-ring (bicyclic) bond motifs is 1. The average Bonchev–Trinajstić information content (AvgIpc) is 2.66. The van der Waals surface area contributed by atoms with Crippen molar-refractivity contribution >= 4 is 28.9 Å². The van der Waals surface area contributed by atoms with Gasteiger partial charge in [0.25, 0.3) is 0 Å². The van der Waals surface area contributed by atoms with E-state index in [0.717, 1.165) is 11.3 Å². The Hall–Kier alpha value is -2.40. The lowest BCUT2D eigenvalue weighted by Crippen LogP contribution is -2.37. The molecule has 0 aromatic heterocycles. The summed E-state index contributed by atoms with van der Waals surface area (Å²) < 4.78 is 14.3. The lowest BCUT2D eigenvalue weighted by Gasteiger charge is -2.27. The predicted octanol–water partition coefficient (Wildman–Crippen LogP) is 3.01. The molecule has 2 aromatic rings. The molecule has 0 saturated heterocycles. The summed E-state index contributed by atoms with van der Waals surface area (Å²) in [5.41, 5.74) is 7.87. The predicted molar refractivity (Wildman–Crippen MR) is 94.4 cm³/mol. The quantitative estimate of drug-likeness (QED) is 0.929. The molecule has 4 nitrogen and oxygen atoms in total. The SMILES string of the molecule is CN1c2ccc(Cl)cc2C(c2ccccc2F)=NCC1CC(N)=O. The Bertz CT molecular complexity index is 822. The first-order valence-electron chi connectivity index (χ1n) is 7.58. The van der Waals surface area contributed by atoms with Crippen molar-refractivity contribution in [2.75, 3.05) is 18.5 Å². The van der Waals surface area contributed by atoms with Crippen molar-refractivity contribution in [3.63, 3.8) is 0 Å². The van der Waals surface area contributed by atoms with Gasteiger partial charge in [0.1, 0.15) is 5.82 Å². The maximum Gasteiger partial charge on any atom is 0.219 e. The third-order valence-electron chi connectivity index (χ3n) is 4.17. The van der Waals surface area contributed by atoms with Gasteiger partial charge in [-0.1, -0.05) is 23.7 Å². The van der Waals surface area contributed by atoms with Gasteiger partial charge in [0, 0.05) is 35.3 Å². The number of primary amides is 1. The van der Waals surface area contributed by atoms with E-state index in [2.05, 4.69) is 4.99 Å². The number of benzene rings is 2. The molecule has 2 N–H and O–H groups in total. The normalized spacial score (nSPS) is 17.0. The van der Waals surface area contributed by atoms with Gasteiger partial charge >= 0.3 is 0 Å². The largest absolute Gasteiger partial charge is 0.370 e. The minimum absolute atomic E-state index is 0.173. The molecule has 1 heterocycles. The third-order valence-corrected chi connectivity index (χ3v) is 4.40. The zero-order chi connectivity index (χ0) is 17.3. The van der Waals surface area contributed by atoms with Crippen LogP contribution in [0.15, 0.2) is 47.5 Å². The van der Waals surface area contributed by atoms with E-state index in [1.807, 2.05) is 18.0 Å². The van der Waals surface area contributed by atoms with Crippen molar-refractivity contribution < 1.29 is 9.18 Å². The minimum Gasteiger partial charge on any atom is -0.370 e. The number of carbonyl (C=O) groups excluding carboxylic acids is 1. The number of rotatable bonds is 3. The van der Waals surface area contributed by atoms with Crippen molar-refractivity contribution in [3.05, 3.63) is 64.4 Å². The Morgan fingerprint density at radius 2 is 2.08 bits per heavy atom. The van der Waals surface area contributed by atoms with Crippen molar-refractivity contribution in [2.45, 2.75) is 12.5 Å². The van der Waals surface area contributed by atoms with Gasteiger partial charge in [0.15, 0.2) is 0 Å². The van der Waals surface area contributed by atoms with Crippen LogP contribution in [0.2, 0.25) is 5.02 Å². The zero-order valence-electron chi connectivity index (χ0n) is 13.2. The number of likely N-dealkylation sites (N-methyl/N-ethyl adjacent to an activating group) is 1. The zero-order valence-corrected chi connectivity index (χ0v) is 13.9. The maximum absolute atomic E-state index is 14.3. The topological polar surface area (TPSA) is 58.7 Å². The van der Waals surface area contributed by atoms with Gasteiger partial charge in [-0.05, 0) is 30.3 Å². The van der Waals surface area contributed by atoms with Gasteiger partial charge in [-0.25, -0.2) is 4.39 Å². The van der Waals surface area contributed by atoms with E-state index in [0.29, 0.717) is 22.8 Å². The minimum atomic E-state index is -0.396. The van der Waals surface area contributed by atoms with Crippen LogP contribution in [0.25, 0.3) is 0 Å². The van der Waals surface area contributed by atoms with Gasteiger partial charge in [-0.2, -0.15) is 0 Å². The summed E-state index contributed by atoms with van der Waals surface area (Å²) in [7, 11) is 1.88. The fourth-order valence-electron chi connectivity index (χ4n) is 2.92. The Balaban J connectivity index is 2.17. The summed E-state index contributed by atoms with van der Waals surface area (Å²) in [6.45, 7) is 0.343. The van der Waals surface area contributed by atoms with Crippen molar-refractivity contribution in [1.29, 1.82) is 0 Å². The molecule has 1 unspecified atom stereocenters. The number of anilines is 1. The molecule has 1 atom stereocenters. The van der Waals surface area contributed by atoms with E-state index in [4.69, 9.17) is 17.3 Å². The third kappa shape index (κ3) is 3.12. The first kappa shape index (κ1) is 16.5. The van der Waals surface area contributed by atoms with Crippen LogP contribution in [0.5, 0.6) is 0 Å². The van der Waals surface area contributed by atoms with E-state index in [1.165, 1.54) is 6.07 Å². The van der Waals surface area contributed by atoms with E-state index in [1.54, 1.807) is 30.3 Å². The fraction of sp³-hybridized carbons (Fsp3) is 0.222. The lowest BCUT2D eigenvalue weighted by molar-refractivity contribution is -0.118. The van der Waals surface area contributed by atoms with Gasteiger partial charge in [-0.15, -0.1) is 0 Å². The van der Waals surface area contributed by atoms with Crippen LogP contribution in [0.1, 0.15) is 17.5 Å². The molecule has 0 fully saturated rings. The second-order valence-electron chi connectivity index (χ2n) is 5.77. The molecular weight excluding hydrogens is 329 g/mol. The summed E-state index contributed by atoms with van der Waals surface area (Å²) in [6, 6.07) is 11.7.